The van der Waals surface area contributed by atoms with E-state index in [9.17, 15) is 18.4 Å². The zero-order chi connectivity index (χ0) is 23.4. The fourth-order valence-electron chi connectivity index (χ4n) is 2.91. The summed E-state index contributed by atoms with van der Waals surface area (Å²) in [7, 11) is 0. The molecule has 0 aliphatic heterocycles. The van der Waals surface area contributed by atoms with Crippen molar-refractivity contribution in [2.75, 3.05) is 16.0 Å². The highest BCUT2D eigenvalue weighted by molar-refractivity contribution is 5.99. The molecule has 4 rings (SSSR count). The summed E-state index contributed by atoms with van der Waals surface area (Å²) in [6.07, 6.45) is 4.54. The number of pyridine rings is 2. The zero-order valence-electron chi connectivity index (χ0n) is 17.6. The molecule has 33 heavy (non-hydrogen) atoms. The van der Waals surface area contributed by atoms with Crippen molar-refractivity contribution in [3.63, 3.8) is 0 Å². The molecule has 3 aromatic rings. The lowest BCUT2D eigenvalue weighted by Gasteiger charge is -2.12. The third kappa shape index (κ3) is 6.22. The van der Waals surface area contributed by atoms with E-state index in [1.54, 1.807) is 36.4 Å². The Labute approximate surface area is 188 Å². The molecule has 1 aliphatic carbocycles. The second kappa shape index (κ2) is 9.19. The Balaban J connectivity index is 1.33. The summed E-state index contributed by atoms with van der Waals surface area (Å²) in [4.78, 5) is 32.0. The van der Waals surface area contributed by atoms with Crippen molar-refractivity contribution in [2.24, 2.45) is 5.92 Å². The predicted molar refractivity (Wildman–Crippen MR) is 119 cm³/mol. The minimum Gasteiger partial charge on any atom is -0.457 e. The molecule has 0 bridgehead atoms. The topological polar surface area (TPSA) is 105 Å². The molecule has 3 N–H and O–H groups in total. The summed E-state index contributed by atoms with van der Waals surface area (Å²) < 4.78 is 32.6. The van der Waals surface area contributed by atoms with Crippen LogP contribution in [0.3, 0.4) is 0 Å². The normalized spacial score (nSPS) is 13.2. The lowest BCUT2D eigenvalue weighted by Crippen LogP contribution is -2.20. The number of hydrogen-bond acceptors (Lipinski definition) is 5. The number of nitrogens with one attached hydrogen (secondary N) is 3. The van der Waals surface area contributed by atoms with Gasteiger partial charge in [-0.2, -0.15) is 0 Å². The number of rotatable bonds is 7. The van der Waals surface area contributed by atoms with Crippen LogP contribution in [0, 0.1) is 5.92 Å². The first-order valence-electron chi connectivity index (χ1n) is 10.2. The van der Waals surface area contributed by atoms with E-state index in [-0.39, 0.29) is 23.2 Å². The number of carbonyl (C=O) groups excluding carboxylic acids is 2. The summed E-state index contributed by atoms with van der Waals surface area (Å²) in [6.45, 7) is 0.771. The SMILES string of the molecule is CC(F)(F)c1ccnc(NC(=O)Nc2ccc(Oc3ccnc(NC(=O)C4CC4)c3)cc2)c1. The summed E-state index contributed by atoms with van der Waals surface area (Å²) in [5.74, 6) is -1.59. The van der Waals surface area contributed by atoms with Crippen molar-refractivity contribution in [3.05, 3.63) is 66.5 Å². The van der Waals surface area contributed by atoms with Crippen molar-refractivity contribution in [3.8, 4) is 11.5 Å². The van der Waals surface area contributed by atoms with E-state index < -0.39 is 12.0 Å². The van der Waals surface area contributed by atoms with Gasteiger partial charge in [-0.3, -0.25) is 10.1 Å². The average molecular weight is 453 g/mol. The number of urea groups is 1. The van der Waals surface area contributed by atoms with Crippen LogP contribution >= 0.6 is 0 Å². The van der Waals surface area contributed by atoms with Gasteiger partial charge in [0.15, 0.2) is 0 Å². The number of halogens is 2. The summed E-state index contributed by atoms with van der Waals surface area (Å²) in [5, 5.41) is 7.78. The number of benzene rings is 1. The standard InChI is InChI=1S/C23H21F2N5O3/c1-23(24,25)15-8-10-26-19(12-15)30-22(32)28-16-4-6-17(7-5-16)33-18-9-11-27-20(13-18)29-21(31)14-2-3-14/h4-14H,2-3H2,1H3,(H,27,29,31)(H2,26,28,30,32). The number of alkyl halides is 2. The van der Waals surface area contributed by atoms with Crippen molar-refractivity contribution < 1.29 is 23.1 Å². The molecular formula is C23H21F2N5O3. The minimum absolute atomic E-state index is 0.00810. The van der Waals surface area contributed by atoms with Gasteiger partial charge in [0.2, 0.25) is 5.91 Å². The second-order valence-corrected chi connectivity index (χ2v) is 7.66. The van der Waals surface area contributed by atoms with E-state index in [0.717, 1.165) is 25.8 Å². The monoisotopic (exact) mass is 453 g/mol. The van der Waals surface area contributed by atoms with Crippen LogP contribution in [-0.4, -0.2) is 21.9 Å². The molecule has 2 aromatic heterocycles. The van der Waals surface area contributed by atoms with Crippen LogP contribution in [0.1, 0.15) is 25.3 Å². The van der Waals surface area contributed by atoms with Gasteiger partial charge in [0.05, 0.1) is 0 Å². The van der Waals surface area contributed by atoms with Gasteiger partial charge >= 0.3 is 6.03 Å². The molecule has 170 valence electrons. The minimum atomic E-state index is -3.04. The Morgan fingerprint density at radius 3 is 2.24 bits per heavy atom. The summed E-state index contributed by atoms with van der Waals surface area (Å²) in [6, 6.07) is 11.5. The highest BCUT2D eigenvalue weighted by atomic mass is 19.3. The maximum absolute atomic E-state index is 13.4. The van der Waals surface area contributed by atoms with Gasteiger partial charge in [-0.25, -0.2) is 23.5 Å². The molecular weight excluding hydrogens is 432 g/mol. The molecule has 0 spiro atoms. The molecule has 3 amide bonds. The number of aromatic nitrogens is 2. The van der Waals surface area contributed by atoms with E-state index in [0.29, 0.717) is 23.0 Å². The highest BCUT2D eigenvalue weighted by Crippen LogP contribution is 2.31. The Morgan fingerprint density at radius 2 is 1.58 bits per heavy atom. The fourth-order valence-corrected chi connectivity index (χ4v) is 2.91. The largest absolute Gasteiger partial charge is 0.457 e. The number of amides is 3. The Morgan fingerprint density at radius 1 is 0.909 bits per heavy atom. The van der Waals surface area contributed by atoms with Crippen LogP contribution in [0.25, 0.3) is 0 Å². The molecule has 1 aromatic carbocycles. The summed E-state index contributed by atoms with van der Waals surface area (Å²) >= 11 is 0. The lowest BCUT2D eigenvalue weighted by atomic mass is 10.1. The number of ether oxygens (including phenoxy) is 1. The van der Waals surface area contributed by atoms with Gasteiger partial charge in [-0.05, 0) is 55.3 Å². The molecule has 1 saturated carbocycles. The van der Waals surface area contributed by atoms with E-state index in [1.807, 2.05) is 0 Å². The molecule has 1 aliphatic rings. The first-order chi connectivity index (χ1) is 15.8. The average Bonchev–Trinajstić information content (AvgIpc) is 3.61. The highest BCUT2D eigenvalue weighted by Gasteiger charge is 2.29. The first kappa shape index (κ1) is 22.1. The molecule has 10 heteroatoms. The van der Waals surface area contributed by atoms with Gasteiger partial charge in [-0.15, -0.1) is 0 Å². The van der Waals surface area contributed by atoms with Crippen LogP contribution in [0.15, 0.2) is 60.9 Å². The molecule has 0 unspecified atom stereocenters. The van der Waals surface area contributed by atoms with Crippen molar-refractivity contribution >= 4 is 29.3 Å². The number of nitrogens with zero attached hydrogens (tertiary/aromatic N) is 2. The van der Waals surface area contributed by atoms with Crippen LogP contribution in [0.4, 0.5) is 30.9 Å². The van der Waals surface area contributed by atoms with Crippen LogP contribution in [0.2, 0.25) is 0 Å². The molecule has 1 fully saturated rings. The zero-order valence-corrected chi connectivity index (χ0v) is 17.6. The summed E-state index contributed by atoms with van der Waals surface area (Å²) in [5.41, 5.74) is 0.213. The van der Waals surface area contributed by atoms with E-state index in [2.05, 4.69) is 25.9 Å². The predicted octanol–water partition coefficient (Wildman–Crippen LogP) is 5.37. The molecule has 8 nitrogen and oxygen atoms in total. The molecule has 0 saturated heterocycles. The maximum Gasteiger partial charge on any atom is 0.324 e. The van der Waals surface area contributed by atoms with Crippen molar-refractivity contribution in [1.82, 2.24) is 9.97 Å². The van der Waals surface area contributed by atoms with Gasteiger partial charge in [-0.1, -0.05) is 0 Å². The fraction of sp³-hybridized carbons (Fsp3) is 0.217. The van der Waals surface area contributed by atoms with Crippen LogP contribution in [0.5, 0.6) is 11.5 Å². The van der Waals surface area contributed by atoms with Crippen molar-refractivity contribution in [2.45, 2.75) is 25.7 Å². The van der Waals surface area contributed by atoms with Gasteiger partial charge in [0, 0.05) is 42.6 Å². The Hall–Kier alpha value is -4.08. The molecule has 2 heterocycles. The van der Waals surface area contributed by atoms with E-state index in [4.69, 9.17) is 4.74 Å². The van der Waals surface area contributed by atoms with Gasteiger partial charge < -0.3 is 15.4 Å². The molecule has 0 atom stereocenters. The maximum atomic E-state index is 13.4. The second-order valence-electron chi connectivity index (χ2n) is 7.66. The van der Waals surface area contributed by atoms with Crippen molar-refractivity contribution in [1.29, 1.82) is 0 Å². The van der Waals surface area contributed by atoms with E-state index >= 15 is 0 Å². The van der Waals surface area contributed by atoms with Gasteiger partial charge in [0.1, 0.15) is 23.1 Å². The Bertz CT molecular complexity index is 1160. The number of hydrogen-bond donors (Lipinski definition) is 3. The number of carbonyl (C=O) groups is 2. The third-order valence-electron chi connectivity index (χ3n) is 4.79. The third-order valence-corrected chi connectivity index (χ3v) is 4.79. The number of anilines is 3. The molecule has 0 radical (unpaired) electrons. The van der Waals surface area contributed by atoms with Crippen LogP contribution in [-0.2, 0) is 10.7 Å². The first-order valence-corrected chi connectivity index (χ1v) is 10.2. The quantitative estimate of drug-likeness (QED) is 0.446. The Kier molecular flexibility index (Phi) is 6.16. The smallest absolute Gasteiger partial charge is 0.324 e. The van der Waals surface area contributed by atoms with Crippen LogP contribution < -0.4 is 20.7 Å². The lowest BCUT2D eigenvalue weighted by molar-refractivity contribution is -0.117. The van der Waals surface area contributed by atoms with Gasteiger partial charge in [0.25, 0.3) is 5.92 Å². The van der Waals surface area contributed by atoms with E-state index in [1.165, 1.54) is 18.5 Å².